The van der Waals surface area contributed by atoms with Crippen LogP contribution in [0.3, 0.4) is 0 Å². The van der Waals surface area contributed by atoms with E-state index >= 15 is 0 Å². The fourth-order valence-corrected chi connectivity index (χ4v) is 3.31. The summed E-state index contributed by atoms with van der Waals surface area (Å²) in [5.74, 6) is 0.445. The largest absolute Gasteiger partial charge is 0.394 e. The molecule has 0 radical (unpaired) electrons. The number of thioether (sulfide) groups is 1. The second-order valence-corrected chi connectivity index (χ2v) is 5.77. The first kappa shape index (κ1) is 15.8. The zero-order valence-corrected chi connectivity index (χ0v) is 12.0. The van der Waals surface area contributed by atoms with Gasteiger partial charge in [-0.15, -0.1) is 11.8 Å². The van der Waals surface area contributed by atoms with E-state index in [9.17, 15) is 5.11 Å². The van der Waals surface area contributed by atoms with E-state index in [1.54, 1.807) is 0 Å². The molecule has 1 aromatic rings. The smallest absolute Gasteiger partial charge is 0.0861 e. The zero-order chi connectivity index (χ0) is 13.5. The molecule has 0 amide bonds. The lowest BCUT2D eigenvalue weighted by Gasteiger charge is -2.24. The highest BCUT2D eigenvalue weighted by Gasteiger charge is 2.22. The van der Waals surface area contributed by atoms with Crippen molar-refractivity contribution in [2.75, 3.05) is 12.4 Å². The summed E-state index contributed by atoms with van der Waals surface area (Å²) in [6.07, 6.45) is 0.113. The Kier molecular flexibility index (Phi) is 7.04. The first-order valence-electron chi connectivity index (χ1n) is 6.00. The zero-order valence-electron chi connectivity index (χ0n) is 10.4. The van der Waals surface area contributed by atoms with Gasteiger partial charge in [0.25, 0.3) is 0 Å². The van der Waals surface area contributed by atoms with Crippen LogP contribution in [0, 0.1) is 0 Å². The minimum Gasteiger partial charge on any atom is -0.394 e. The molecule has 18 heavy (non-hydrogen) atoms. The van der Waals surface area contributed by atoms with Crippen molar-refractivity contribution >= 4 is 23.4 Å². The van der Waals surface area contributed by atoms with Gasteiger partial charge in [-0.2, -0.15) is 0 Å². The Morgan fingerprint density at radius 2 is 2.06 bits per heavy atom. The van der Waals surface area contributed by atoms with Gasteiger partial charge in [-0.1, -0.05) is 36.7 Å². The quantitative estimate of drug-likeness (QED) is 0.720. The van der Waals surface area contributed by atoms with Crippen LogP contribution in [0.4, 0.5) is 0 Å². The molecule has 0 heterocycles. The number of aliphatic hydroxyl groups excluding tert-OH is 2. The van der Waals surface area contributed by atoms with E-state index in [1.165, 1.54) is 11.8 Å². The summed E-state index contributed by atoms with van der Waals surface area (Å²) in [4.78, 5) is 0. The molecule has 0 aliphatic heterocycles. The average Bonchev–Trinajstić information content (AvgIpc) is 2.40. The van der Waals surface area contributed by atoms with Crippen LogP contribution >= 0.6 is 23.4 Å². The fourth-order valence-electron chi connectivity index (χ4n) is 1.63. The van der Waals surface area contributed by atoms with Crippen LogP contribution in [0.25, 0.3) is 0 Å². The number of nitrogens with two attached hydrogens (primary N) is 1. The maximum atomic E-state index is 9.43. The molecule has 0 saturated heterocycles. The Bertz CT molecular complexity index is 365. The van der Waals surface area contributed by atoms with Gasteiger partial charge in [-0.05, 0) is 18.1 Å². The monoisotopic (exact) mass is 289 g/mol. The molecule has 0 aromatic heterocycles. The molecule has 3 unspecified atom stereocenters. The van der Waals surface area contributed by atoms with Gasteiger partial charge in [0.15, 0.2) is 0 Å². The van der Waals surface area contributed by atoms with Crippen LogP contribution in [0.5, 0.6) is 0 Å². The Morgan fingerprint density at radius 3 is 2.61 bits per heavy atom. The number of benzene rings is 1. The number of hydrogen-bond acceptors (Lipinski definition) is 4. The van der Waals surface area contributed by atoms with Gasteiger partial charge < -0.3 is 15.9 Å². The standard InChI is InChI=1S/C13H20ClNO2S/c1-2-12(15)13(18-8-9(17)7-16)10-5-3-4-6-11(10)14/h3-6,9,12-13,16-17H,2,7-8,15H2,1H3. The third-order valence-corrected chi connectivity index (χ3v) is 4.64. The summed E-state index contributed by atoms with van der Waals surface area (Å²) in [5.41, 5.74) is 7.11. The summed E-state index contributed by atoms with van der Waals surface area (Å²) >= 11 is 7.72. The molecule has 4 N–H and O–H groups in total. The van der Waals surface area contributed by atoms with E-state index in [0.717, 1.165) is 12.0 Å². The molecule has 0 aliphatic rings. The van der Waals surface area contributed by atoms with Crippen LogP contribution in [0.2, 0.25) is 5.02 Å². The van der Waals surface area contributed by atoms with E-state index < -0.39 is 6.10 Å². The number of halogens is 1. The molecule has 0 fully saturated rings. The van der Waals surface area contributed by atoms with E-state index in [0.29, 0.717) is 10.8 Å². The lowest BCUT2D eigenvalue weighted by Crippen LogP contribution is -2.27. The van der Waals surface area contributed by atoms with Crippen molar-refractivity contribution in [1.29, 1.82) is 0 Å². The first-order valence-corrected chi connectivity index (χ1v) is 7.43. The molecule has 0 bridgehead atoms. The molecule has 5 heteroatoms. The molecule has 1 rings (SSSR count). The third kappa shape index (κ3) is 4.44. The van der Waals surface area contributed by atoms with E-state index in [-0.39, 0.29) is 17.9 Å². The topological polar surface area (TPSA) is 66.5 Å². The molecular formula is C13H20ClNO2S. The predicted molar refractivity (Wildman–Crippen MR) is 78.0 cm³/mol. The van der Waals surface area contributed by atoms with Crippen LogP contribution in [-0.4, -0.2) is 34.7 Å². The van der Waals surface area contributed by atoms with Gasteiger partial charge >= 0.3 is 0 Å². The van der Waals surface area contributed by atoms with Gasteiger partial charge in [-0.3, -0.25) is 0 Å². The van der Waals surface area contributed by atoms with Gasteiger partial charge in [-0.25, -0.2) is 0 Å². The SMILES string of the molecule is CCC(N)C(SCC(O)CO)c1ccccc1Cl. The maximum Gasteiger partial charge on any atom is 0.0861 e. The van der Waals surface area contributed by atoms with Gasteiger partial charge in [0.1, 0.15) is 0 Å². The molecule has 0 aliphatic carbocycles. The molecule has 102 valence electrons. The first-order chi connectivity index (χ1) is 8.60. The molecule has 0 spiro atoms. The van der Waals surface area contributed by atoms with Crippen LogP contribution in [-0.2, 0) is 0 Å². The summed E-state index contributed by atoms with van der Waals surface area (Å²) in [6.45, 7) is 1.79. The second-order valence-electron chi connectivity index (χ2n) is 4.18. The lowest BCUT2D eigenvalue weighted by atomic mass is 10.0. The highest BCUT2D eigenvalue weighted by Crippen LogP contribution is 2.36. The van der Waals surface area contributed by atoms with Crippen molar-refractivity contribution in [3.63, 3.8) is 0 Å². The molecule has 3 atom stereocenters. The van der Waals surface area contributed by atoms with Crippen molar-refractivity contribution in [2.24, 2.45) is 5.73 Å². The number of rotatable bonds is 7. The fraction of sp³-hybridized carbons (Fsp3) is 0.538. The van der Waals surface area contributed by atoms with Gasteiger partial charge in [0, 0.05) is 22.1 Å². The van der Waals surface area contributed by atoms with E-state index in [4.69, 9.17) is 22.4 Å². The minimum absolute atomic E-state index is 0.0270. The molecule has 1 aromatic carbocycles. The Hall–Kier alpha value is -0.260. The van der Waals surface area contributed by atoms with Crippen molar-refractivity contribution in [3.8, 4) is 0 Å². The highest BCUT2D eigenvalue weighted by molar-refractivity contribution is 7.99. The summed E-state index contributed by atoms with van der Waals surface area (Å²) < 4.78 is 0. The van der Waals surface area contributed by atoms with Crippen molar-refractivity contribution in [1.82, 2.24) is 0 Å². The summed E-state index contributed by atoms with van der Waals surface area (Å²) in [6, 6.07) is 7.59. The Balaban J connectivity index is 2.82. The Labute approximate surface area is 117 Å². The highest BCUT2D eigenvalue weighted by atomic mass is 35.5. The van der Waals surface area contributed by atoms with E-state index in [2.05, 4.69) is 0 Å². The van der Waals surface area contributed by atoms with Gasteiger partial charge in [0.2, 0.25) is 0 Å². The molecule has 0 saturated carbocycles. The normalized spacial score (nSPS) is 16.3. The summed E-state index contributed by atoms with van der Waals surface area (Å²) in [5, 5.41) is 19.0. The van der Waals surface area contributed by atoms with Crippen molar-refractivity contribution in [3.05, 3.63) is 34.9 Å². The van der Waals surface area contributed by atoms with Gasteiger partial charge in [0.05, 0.1) is 12.7 Å². The predicted octanol–water partition coefficient (Wildman–Crippen LogP) is 2.20. The minimum atomic E-state index is -0.718. The number of aliphatic hydroxyl groups is 2. The summed E-state index contributed by atoms with van der Waals surface area (Å²) in [7, 11) is 0. The molecular weight excluding hydrogens is 270 g/mol. The lowest BCUT2D eigenvalue weighted by molar-refractivity contribution is 0.113. The molecule has 3 nitrogen and oxygen atoms in total. The second kappa shape index (κ2) is 8.02. The van der Waals surface area contributed by atoms with Crippen molar-refractivity contribution in [2.45, 2.75) is 30.7 Å². The average molecular weight is 290 g/mol. The van der Waals surface area contributed by atoms with Crippen LogP contribution < -0.4 is 5.73 Å². The third-order valence-electron chi connectivity index (χ3n) is 2.75. The van der Waals surface area contributed by atoms with E-state index in [1.807, 2.05) is 31.2 Å². The Morgan fingerprint density at radius 1 is 1.39 bits per heavy atom. The van der Waals surface area contributed by atoms with Crippen LogP contribution in [0.15, 0.2) is 24.3 Å². The van der Waals surface area contributed by atoms with Crippen molar-refractivity contribution < 1.29 is 10.2 Å². The maximum absolute atomic E-state index is 9.43. The van der Waals surface area contributed by atoms with Crippen LogP contribution in [0.1, 0.15) is 24.2 Å². The number of hydrogen-bond donors (Lipinski definition) is 3.